The van der Waals surface area contributed by atoms with Gasteiger partial charge in [0.15, 0.2) is 0 Å². The van der Waals surface area contributed by atoms with Crippen molar-refractivity contribution in [2.24, 2.45) is 0 Å². The minimum absolute atomic E-state index is 0.131. The van der Waals surface area contributed by atoms with Crippen LogP contribution in [0.4, 0.5) is 0 Å². The van der Waals surface area contributed by atoms with Crippen molar-refractivity contribution in [1.82, 2.24) is 9.78 Å². The second kappa shape index (κ2) is 5.80. The minimum atomic E-state index is 0.131. The number of halogens is 1. The molecule has 0 aliphatic carbocycles. The first kappa shape index (κ1) is 12.8. The molecular formula is C13H12BrN3O. The molecule has 0 radical (unpaired) electrons. The summed E-state index contributed by atoms with van der Waals surface area (Å²) < 4.78 is 2.72. The Labute approximate surface area is 114 Å². The molecule has 2 rings (SSSR count). The van der Waals surface area contributed by atoms with Crippen molar-refractivity contribution in [2.75, 3.05) is 6.61 Å². The van der Waals surface area contributed by atoms with Crippen LogP contribution in [0.5, 0.6) is 0 Å². The summed E-state index contributed by atoms with van der Waals surface area (Å²) in [5.74, 6) is 0. The number of rotatable bonds is 4. The summed E-state index contributed by atoms with van der Waals surface area (Å²) in [5.41, 5.74) is 2.71. The summed E-state index contributed by atoms with van der Waals surface area (Å²) in [6, 6.07) is 7.60. The third-order valence-corrected chi connectivity index (χ3v) is 3.34. The van der Waals surface area contributed by atoms with Gasteiger partial charge in [0.05, 0.1) is 24.4 Å². The number of hydrogen-bond acceptors (Lipinski definition) is 3. The number of aromatic nitrogens is 2. The molecule has 92 valence electrons. The lowest BCUT2D eigenvalue weighted by atomic mass is 10.1. The van der Waals surface area contributed by atoms with Gasteiger partial charge >= 0.3 is 0 Å². The number of benzene rings is 1. The Bertz CT molecular complexity index is 586. The summed E-state index contributed by atoms with van der Waals surface area (Å²) in [6.07, 6.45) is 4.29. The number of aliphatic hydroxyl groups is 1. The Morgan fingerprint density at radius 1 is 1.44 bits per heavy atom. The van der Waals surface area contributed by atoms with Crippen molar-refractivity contribution in [1.29, 1.82) is 5.26 Å². The lowest BCUT2D eigenvalue weighted by Crippen LogP contribution is -2.01. The van der Waals surface area contributed by atoms with Crippen molar-refractivity contribution in [3.8, 4) is 6.07 Å². The third kappa shape index (κ3) is 2.97. The lowest BCUT2D eigenvalue weighted by molar-refractivity contribution is 0.299. The van der Waals surface area contributed by atoms with Gasteiger partial charge in [0.1, 0.15) is 0 Å². The highest BCUT2D eigenvalue weighted by molar-refractivity contribution is 9.10. The molecule has 5 heteroatoms. The van der Waals surface area contributed by atoms with Gasteiger partial charge in [-0.3, -0.25) is 4.68 Å². The van der Waals surface area contributed by atoms with Crippen LogP contribution in [-0.4, -0.2) is 21.5 Å². The molecule has 0 aliphatic rings. The normalized spacial score (nSPS) is 10.3. The van der Waals surface area contributed by atoms with E-state index >= 15 is 0 Å². The van der Waals surface area contributed by atoms with E-state index in [-0.39, 0.29) is 6.61 Å². The van der Waals surface area contributed by atoms with Crippen LogP contribution in [0, 0.1) is 11.3 Å². The highest BCUT2D eigenvalue weighted by Gasteiger charge is 2.04. The second-order valence-corrected chi connectivity index (χ2v) is 4.79. The van der Waals surface area contributed by atoms with Crippen LogP contribution in [0.25, 0.3) is 0 Å². The van der Waals surface area contributed by atoms with E-state index in [1.165, 1.54) is 0 Å². The fraction of sp³-hybridized carbons (Fsp3) is 0.231. The summed E-state index contributed by atoms with van der Waals surface area (Å²) in [7, 11) is 0. The number of nitrogens with zero attached hydrogens (tertiary/aromatic N) is 3. The van der Waals surface area contributed by atoms with Gasteiger partial charge in [0.2, 0.25) is 0 Å². The van der Waals surface area contributed by atoms with Crippen molar-refractivity contribution >= 4 is 15.9 Å². The molecule has 0 saturated heterocycles. The molecule has 0 aliphatic heterocycles. The smallest absolute Gasteiger partial charge is 0.0992 e. The van der Waals surface area contributed by atoms with Crippen LogP contribution in [-0.2, 0) is 13.0 Å². The second-order valence-electron chi connectivity index (χ2n) is 3.94. The molecule has 1 aromatic carbocycles. The van der Waals surface area contributed by atoms with Crippen LogP contribution < -0.4 is 0 Å². The van der Waals surface area contributed by atoms with Crippen LogP contribution in [0.2, 0.25) is 0 Å². The van der Waals surface area contributed by atoms with Gasteiger partial charge < -0.3 is 5.11 Å². The van der Waals surface area contributed by atoms with Crippen LogP contribution in [0.1, 0.15) is 16.7 Å². The van der Waals surface area contributed by atoms with Gasteiger partial charge in [-0.1, -0.05) is 22.0 Å². The molecule has 18 heavy (non-hydrogen) atoms. The Kier molecular flexibility index (Phi) is 4.13. The Hall–Kier alpha value is -1.64. The fourth-order valence-electron chi connectivity index (χ4n) is 1.67. The van der Waals surface area contributed by atoms with Gasteiger partial charge in [0.25, 0.3) is 0 Å². The number of nitriles is 1. The van der Waals surface area contributed by atoms with Gasteiger partial charge in [-0.15, -0.1) is 0 Å². The first-order valence-electron chi connectivity index (χ1n) is 5.53. The van der Waals surface area contributed by atoms with Gasteiger partial charge in [-0.2, -0.15) is 10.4 Å². The molecule has 1 aromatic heterocycles. The number of aliphatic hydroxyl groups excluding tert-OH is 1. The zero-order chi connectivity index (χ0) is 13.0. The topological polar surface area (TPSA) is 61.8 Å². The molecule has 1 N–H and O–H groups in total. The molecule has 0 atom stereocenters. The first-order valence-corrected chi connectivity index (χ1v) is 6.33. The maximum atomic E-state index is 8.85. The maximum absolute atomic E-state index is 8.85. The van der Waals surface area contributed by atoms with Crippen molar-refractivity contribution in [3.63, 3.8) is 0 Å². The van der Waals surface area contributed by atoms with E-state index < -0.39 is 0 Å². The average Bonchev–Trinajstić information content (AvgIpc) is 2.80. The molecule has 0 spiro atoms. The number of hydrogen-bond donors (Lipinski definition) is 1. The van der Waals surface area contributed by atoms with Crippen LogP contribution >= 0.6 is 15.9 Å². The fourth-order valence-corrected chi connectivity index (χ4v) is 2.17. The van der Waals surface area contributed by atoms with Gasteiger partial charge in [-0.25, -0.2) is 0 Å². The van der Waals surface area contributed by atoms with E-state index in [0.29, 0.717) is 18.5 Å². The lowest BCUT2D eigenvalue weighted by Gasteiger charge is -2.05. The predicted octanol–water partition coefficient (Wildman–Crippen LogP) is 2.10. The summed E-state index contributed by atoms with van der Waals surface area (Å²) in [5, 5.41) is 21.9. The Morgan fingerprint density at radius 2 is 2.28 bits per heavy atom. The van der Waals surface area contributed by atoms with E-state index in [0.717, 1.165) is 15.6 Å². The van der Waals surface area contributed by atoms with E-state index in [1.54, 1.807) is 18.3 Å². The van der Waals surface area contributed by atoms with Crippen molar-refractivity contribution in [2.45, 2.75) is 13.0 Å². The Morgan fingerprint density at radius 3 is 2.94 bits per heavy atom. The van der Waals surface area contributed by atoms with Crippen molar-refractivity contribution < 1.29 is 5.11 Å². The van der Waals surface area contributed by atoms with E-state index in [1.807, 2.05) is 16.9 Å². The van der Waals surface area contributed by atoms with E-state index in [4.69, 9.17) is 10.4 Å². The highest BCUT2D eigenvalue weighted by atomic mass is 79.9. The summed E-state index contributed by atoms with van der Waals surface area (Å²) >= 11 is 3.45. The van der Waals surface area contributed by atoms with Gasteiger partial charge in [-0.05, 0) is 29.7 Å². The molecule has 0 saturated carbocycles. The molecule has 0 unspecified atom stereocenters. The van der Waals surface area contributed by atoms with E-state index in [2.05, 4.69) is 27.1 Å². The molecule has 0 fully saturated rings. The summed E-state index contributed by atoms with van der Waals surface area (Å²) in [6.45, 7) is 0.768. The monoisotopic (exact) mass is 305 g/mol. The molecule has 0 amide bonds. The molecule has 4 nitrogen and oxygen atoms in total. The largest absolute Gasteiger partial charge is 0.396 e. The zero-order valence-electron chi connectivity index (χ0n) is 9.67. The van der Waals surface area contributed by atoms with Gasteiger partial charge in [0, 0.05) is 17.3 Å². The Balaban J connectivity index is 2.15. The maximum Gasteiger partial charge on any atom is 0.0992 e. The average molecular weight is 306 g/mol. The SMILES string of the molecule is N#Cc1ccc(Cn2cc(CCO)cn2)c(Br)c1. The quantitative estimate of drug-likeness (QED) is 0.941. The highest BCUT2D eigenvalue weighted by Crippen LogP contribution is 2.19. The van der Waals surface area contributed by atoms with Crippen LogP contribution in [0.15, 0.2) is 35.1 Å². The minimum Gasteiger partial charge on any atom is -0.396 e. The third-order valence-electron chi connectivity index (χ3n) is 2.60. The zero-order valence-corrected chi connectivity index (χ0v) is 11.3. The molecule has 0 bridgehead atoms. The molecule has 1 heterocycles. The summed E-state index contributed by atoms with van der Waals surface area (Å²) in [4.78, 5) is 0. The molecular weight excluding hydrogens is 294 g/mol. The standard InChI is InChI=1S/C13H12BrN3O/c14-13-5-10(6-15)1-2-12(13)9-17-8-11(3-4-18)7-16-17/h1-2,5,7-8,18H,3-4,9H2. The van der Waals surface area contributed by atoms with Crippen molar-refractivity contribution in [3.05, 3.63) is 51.8 Å². The van der Waals surface area contributed by atoms with Crippen LogP contribution in [0.3, 0.4) is 0 Å². The first-order chi connectivity index (χ1) is 8.72. The predicted molar refractivity (Wildman–Crippen MR) is 71.0 cm³/mol. The van der Waals surface area contributed by atoms with E-state index in [9.17, 15) is 0 Å². The molecule has 2 aromatic rings.